The zero-order chi connectivity index (χ0) is 6.69. The van der Waals surface area contributed by atoms with E-state index in [-0.39, 0.29) is 0 Å². The fourth-order valence-electron chi connectivity index (χ4n) is 0.629. The first-order valence-electron chi connectivity index (χ1n) is 3.09. The normalized spacial score (nSPS) is 16.6. The van der Waals surface area contributed by atoms with Crippen LogP contribution in [0.25, 0.3) is 0 Å². The first-order chi connectivity index (χ1) is 4.30. The summed E-state index contributed by atoms with van der Waals surface area (Å²) < 4.78 is 0. The average Bonchev–Trinajstić information content (AvgIpc) is 1.90. The summed E-state index contributed by atoms with van der Waals surface area (Å²) in [5.74, 6) is 0.509. The lowest BCUT2D eigenvalue weighted by atomic mass is 10.1. The van der Waals surface area contributed by atoms with Gasteiger partial charge in [0.05, 0.1) is 5.70 Å². The van der Waals surface area contributed by atoms with Crippen LogP contribution >= 0.6 is 0 Å². The smallest absolute Gasteiger partial charge is 0.119 e. The minimum atomic E-state index is 0.509. The van der Waals surface area contributed by atoms with E-state index in [1.165, 1.54) is 0 Å². The molecule has 0 saturated carbocycles. The molecule has 1 rings (SSSR count). The molecular formula is C7H11NO. The van der Waals surface area contributed by atoms with Gasteiger partial charge >= 0.3 is 0 Å². The van der Waals surface area contributed by atoms with Gasteiger partial charge in [-0.1, -0.05) is 13.8 Å². The summed E-state index contributed by atoms with van der Waals surface area (Å²) in [5.41, 5.74) is 3.92. The molecule has 2 nitrogen and oxygen atoms in total. The number of hydrogen-bond acceptors (Lipinski definition) is 2. The maximum atomic E-state index is 4.84. The zero-order valence-corrected chi connectivity index (χ0v) is 5.72. The van der Waals surface area contributed by atoms with Crippen molar-refractivity contribution in [3.63, 3.8) is 0 Å². The van der Waals surface area contributed by atoms with Gasteiger partial charge in [0.1, 0.15) is 6.26 Å². The molecule has 0 unspecified atom stereocenters. The highest BCUT2D eigenvalue weighted by Crippen LogP contribution is 2.07. The molecule has 1 N–H and O–H groups in total. The van der Waals surface area contributed by atoms with E-state index in [0.717, 1.165) is 5.70 Å². The number of nitrogens with one attached hydrogen (secondary N) is 1. The Hall–Kier alpha value is -0.920. The van der Waals surface area contributed by atoms with Gasteiger partial charge in [0.15, 0.2) is 0 Å². The van der Waals surface area contributed by atoms with Crippen LogP contribution in [-0.2, 0) is 4.84 Å². The first-order valence-corrected chi connectivity index (χ1v) is 3.09. The van der Waals surface area contributed by atoms with Crippen molar-refractivity contribution < 1.29 is 4.84 Å². The fourth-order valence-corrected chi connectivity index (χ4v) is 0.629. The van der Waals surface area contributed by atoms with Gasteiger partial charge in [-0.15, -0.1) is 0 Å². The Balaban J connectivity index is 2.57. The van der Waals surface area contributed by atoms with Crippen LogP contribution in [0.4, 0.5) is 0 Å². The van der Waals surface area contributed by atoms with Crippen LogP contribution in [0, 0.1) is 5.92 Å². The molecular weight excluding hydrogens is 114 g/mol. The number of hydrogen-bond donors (Lipinski definition) is 1. The molecule has 2 heteroatoms. The lowest BCUT2D eigenvalue weighted by Crippen LogP contribution is -2.17. The largest absolute Gasteiger partial charge is 0.390 e. The van der Waals surface area contributed by atoms with Crippen LogP contribution < -0.4 is 5.48 Å². The Morgan fingerprint density at radius 3 is 2.67 bits per heavy atom. The molecule has 0 radical (unpaired) electrons. The summed E-state index contributed by atoms with van der Waals surface area (Å²) in [4.78, 5) is 4.84. The van der Waals surface area contributed by atoms with Gasteiger partial charge in [0, 0.05) is 0 Å². The van der Waals surface area contributed by atoms with Crippen molar-refractivity contribution >= 4 is 0 Å². The minimum absolute atomic E-state index is 0.509. The standard InChI is InChI=1S/C7H11NO/c1-6(2)7-4-3-5-9-8-7/h3-6,8H,1-2H3. The van der Waals surface area contributed by atoms with Crippen LogP contribution in [0.5, 0.6) is 0 Å². The second-order valence-corrected chi connectivity index (χ2v) is 2.33. The zero-order valence-electron chi connectivity index (χ0n) is 5.72. The Morgan fingerprint density at radius 2 is 2.33 bits per heavy atom. The second kappa shape index (κ2) is 2.58. The maximum Gasteiger partial charge on any atom is 0.119 e. The summed E-state index contributed by atoms with van der Waals surface area (Å²) in [5, 5.41) is 0. The Bertz CT molecular complexity index is 147. The minimum Gasteiger partial charge on any atom is -0.390 e. The van der Waals surface area contributed by atoms with Crippen molar-refractivity contribution in [3.05, 3.63) is 24.1 Å². The highest BCUT2D eigenvalue weighted by Gasteiger charge is 2.02. The molecule has 0 fully saturated rings. The van der Waals surface area contributed by atoms with E-state index in [9.17, 15) is 0 Å². The Labute approximate surface area is 55.2 Å². The molecule has 9 heavy (non-hydrogen) atoms. The number of rotatable bonds is 1. The van der Waals surface area contributed by atoms with Crippen molar-refractivity contribution in [2.75, 3.05) is 0 Å². The fraction of sp³-hybridized carbons (Fsp3) is 0.429. The molecule has 50 valence electrons. The molecule has 0 spiro atoms. The monoisotopic (exact) mass is 125 g/mol. The first kappa shape index (κ1) is 6.20. The third kappa shape index (κ3) is 1.49. The molecule has 0 bridgehead atoms. The van der Waals surface area contributed by atoms with Gasteiger partial charge in [0.25, 0.3) is 0 Å². The lowest BCUT2D eigenvalue weighted by Gasteiger charge is -2.14. The van der Waals surface area contributed by atoms with Crippen molar-refractivity contribution in [2.45, 2.75) is 13.8 Å². The van der Waals surface area contributed by atoms with E-state index in [1.54, 1.807) is 6.26 Å². The predicted octanol–water partition coefficient (Wildman–Crippen LogP) is 1.57. The van der Waals surface area contributed by atoms with E-state index >= 15 is 0 Å². The van der Waals surface area contributed by atoms with Crippen molar-refractivity contribution in [3.8, 4) is 0 Å². The van der Waals surface area contributed by atoms with Crippen LogP contribution in [0.15, 0.2) is 24.1 Å². The van der Waals surface area contributed by atoms with Gasteiger partial charge in [-0.25, -0.2) is 5.48 Å². The van der Waals surface area contributed by atoms with E-state index < -0.39 is 0 Å². The van der Waals surface area contributed by atoms with Crippen molar-refractivity contribution in [1.29, 1.82) is 0 Å². The lowest BCUT2D eigenvalue weighted by molar-refractivity contribution is 0.150. The quantitative estimate of drug-likeness (QED) is 0.574. The van der Waals surface area contributed by atoms with Crippen LogP contribution in [0.1, 0.15) is 13.8 Å². The molecule has 0 aliphatic carbocycles. The highest BCUT2D eigenvalue weighted by molar-refractivity contribution is 5.12. The molecule has 1 heterocycles. The summed E-state index contributed by atoms with van der Waals surface area (Å²) in [6, 6.07) is 0. The third-order valence-electron chi connectivity index (χ3n) is 1.22. The summed E-state index contributed by atoms with van der Waals surface area (Å²) in [6.07, 6.45) is 5.51. The number of hydroxylamine groups is 1. The molecule has 0 aromatic carbocycles. The Morgan fingerprint density at radius 1 is 1.56 bits per heavy atom. The summed E-state index contributed by atoms with van der Waals surface area (Å²) in [7, 11) is 0. The van der Waals surface area contributed by atoms with Gasteiger partial charge in [0.2, 0.25) is 0 Å². The molecule has 0 saturated heterocycles. The van der Waals surface area contributed by atoms with Gasteiger partial charge in [-0.3, -0.25) is 0 Å². The van der Waals surface area contributed by atoms with Crippen molar-refractivity contribution in [2.24, 2.45) is 5.92 Å². The highest BCUT2D eigenvalue weighted by atomic mass is 16.6. The van der Waals surface area contributed by atoms with Crippen LogP contribution in [0.3, 0.4) is 0 Å². The average molecular weight is 125 g/mol. The maximum absolute atomic E-state index is 4.84. The number of allylic oxidation sites excluding steroid dienone is 3. The topological polar surface area (TPSA) is 21.3 Å². The second-order valence-electron chi connectivity index (χ2n) is 2.33. The van der Waals surface area contributed by atoms with Gasteiger partial charge < -0.3 is 4.84 Å². The van der Waals surface area contributed by atoms with E-state index in [2.05, 4.69) is 19.3 Å². The molecule has 0 atom stereocenters. The predicted molar refractivity (Wildman–Crippen MR) is 36.3 cm³/mol. The Kier molecular flexibility index (Phi) is 1.78. The molecule has 0 aromatic rings. The molecule has 1 aliphatic heterocycles. The van der Waals surface area contributed by atoms with Crippen molar-refractivity contribution in [1.82, 2.24) is 5.48 Å². The molecule has 0 aromatic heterocycles. The van der Waals surface area contributed by atoms with E-state index in [4.69, 9.17) is 4.84 Å². The summed E-state index contributed by atoms with van der Waals surface area (Å²) in [6.45, 7) is 4.22. The summed E-state index contributed by atoms with van der Waals surface area (Å²) >= 11 is 0. The van der Waals surface area contributed by atoms with Gasteiger partial charge in [-0.2, -0.15) is 0 Å². The van der Waals surface area contributed by atoms with Crippen LogP contribution in [-0.4, -0.2) is 0 Å². The van der Waals surface area contributed by atoms with Gasteiger partial charge in [-0.05, 0) is 18.1 Å². The van der Waals surface area contributed by atoms with Crippen LogP contribution in [0.2, 0.25) is 0 Å². The third-order valence-corrected chi connectivity index (χ3v) is 1.22. The SMILES string of the molecule is CC(C)C1=CC=CON1. The van der Waals surface area contributed by atoms with E-state index in [1.807, 2.05) is 12.2 Å². The van der Waals surface area contributed by atoms with E-state index in [0.29, 0.717) is 5.92 Å². The molecule has 0 amide bonds. The molecule has 1 aliphatic rings.